The van der Waals surface area contributed by atoms with E-state index in [4.69, 9.17) is 0 Å². The molecule has 24 heavy (non-hydrogen) atoms. The fraction of sp³-hybridized carbons (Fsp3) is 0.579. The highest BCUT2D eigenvalue weighted by Gasteiger charge is 2.23. The zero-order valence-electron chi connectivity index (χ0n) is 15.3. The van der Waals surface area contributed by atoms with Crippen LogP contribution in [-0.4, -0.2) is 54.5 Å². The molecule has 1 aliphatic heterocycles. The monoisotopic (exact) mass is 331 g/mol. The smallest absolute Gasteiger partial charge is 0.317 e. The molecule has 1 aliphatic rings. The molecule has 1 aromatic rings. The van der Waals surface area contributed by atoms with E-state index in [0.717, 1.165) is 17.5 Å². The summed E-state index contributed by atoms with van der Waals surface area (Å²) >= 11 is 0. The zero-order chi connectivity index (χ0) is 17.7. The largest absolute Gasteiger partial charge is 0.337 e. The summed E-state index contributed by atoms with van der Waals surface area (Å²) in [5.41, 5.74) is 1.87. The number of amides is 3. The Morgan fingerprint density at radius 1 is 1.08 bits per heavy atom. The third-order valence-electron chi connectivity index (χ3n) is 4.11. The average Bonchev–Trinajstić information content (AvgIpc) is 2.77. The summed E-state index contributed by atoms with van der Waals surface area (Å²) in [6.45, 7) is 11.5. The van der Waals surface area contributed by atoms with Gasteiger partial charge in [-0.3, -0.25) is 4.79 Å². The van der Waals surface area contributed by atoms with Crippen LogP contribution in [-0.2, 0) is 0 Å². The van der Waals surface area contributed by atoms with Gasteiger partial charge < -0.3 is 15.1 Å². The fourth-order valence-electron chi connectivity index (χ4n) is 2.74. The van der Waals surface area contributed by atoms with Crippen molar-refractivity contribution in [3.05, 3.63) is 35.4 Å². The first-order valence-electron chi connectivity index (χ1n) is 8.65. The molecule has 2 rings (SSSR count). The van der Waals surface area contributed by atoms with Crippen LogP contribution in [0.2, 0.25) is 0 Å². The average molecular weight is 331 g/mol. The first kappa shape index (κ1) is 18.3. The molecular formula is C19H29N3O2. The second-order valence-corrected chi connectivity index (χ2v) is 7.72. The van der Waals surface area contributed by atoms with Gasteiger partial charge in [0, 0.05) is 38.3 Å². The van der Waals surface area contributed by atoms with E-state index in [1.807, 2.05) is 41.0 Å². The molecule has 1 N–H and O–H groups in total. The van der Waals surface area contributed by atoms with E-state index in [0.29, 0.717) is 32.7 Å². The number of hydrogen-bond donors (Lipinski definition) is 1. The van der Waals surface area contributed by atoms with Crippen LogP contribution in [0, 0.1) is 12.3 Å². The third-order valence-corrected chi connectivity index (χ3v) is 4.11. The third kappa shape index (κ3) is 5.25. The van der Waals surface area contributed by atoms with Gasteiger partial charge in [-0.15, -0.1) is 0 Å². The van der Waals surface area contributed by atoms with Crippen LogP contribution in [0.1, 0.15) is 43.1 Å². The second-order valence-electron chi connectivity index (χ2n) is 7.72. The van der Waals surface area contributed by atoms with E-state index in [2.05, 4.69) is 26.1 Å². The zero-order valence-corrected chi connectivity index (χ0v) is 15.3. The summed E-state index contributed by atoms with van der Waals surface area (Å²) in [6.07, 6.45) is 0.806. The Balaban J connectivity index is 1.92. The molecule has 0 bridgehead atoms. The highest BCUT2D eigenvalue weighted by atomic mass is 16.2. The molecule has 1 saturated heterocycles. The van der Waals surface area contributed by atoms with Crippen molar-refractivity contribution in [3.63, 3.8) is 0 Å². The maximum absolute atomic E-state index is 12.6. The maximum atomic E-state index is 12.6. The van der Waals surface area contributed by atoms with Crippen molar-refractivity contribution in [1.82, 2.24) is 15.1 Å². The molecule has 5 nitrogen and oxygen atoms in total. The number of nitrogens with one attached hydrogen (secondary N) is 1. The van der Waals surface area contributed by atoms with Crippen LogP contribution >= 0.6 is 0 Å². The number of hydrogen-bond acceptors (Lipinski definition) is 2. The minimum atomic E-state index is -0.0326. The molecule has 132 valence electrons. The second kappa shape index (κ2) is 7.69. The number of urea groups is 1. The molecule has 1 aromatic carbocycles. The number of aryl methyl sites for hydroxylation is 1. The summed E-state index contributed by atoms with van der Waals surface area (Å²) in [6, 6.07) is 7.64. The van der Waals surface area contributed by atoms with Crippen molar-refractivity contribution in [3.8, 4) is 0 Å². The normalized spacial score (nSPS) is 15.8. The van der Waals surface area contributed by atoms with Crippen LogP contribution in [0.25, 0.3) is 0 Å². The van der Waals surface area contributed by atoms with Gasteiger partial charge in [0.1, 0.15) is 0 Å². The van der Waals surface area contributed by atoms with Gasteiger partial charge in [-0.25, -0.2) is 4.79 Å². The number of benzene rings is 1. The molecular weight excluding hydrogens is 302 g/mol. The molecule has 1 heterocycles. The van der Waals surface area contributed by atoms with E-state index < -0.39 is 0 Å². The van der Waals surface area contributed by atoms with Crippen LogP contribution in [0.3, 0.4) is 0 Å². The molecule has 0 saturated carbocycles. The molecule has 5 heteroatoms. The Kier molecular flexibility index (Phi) is 5.86. The Morgan fingerprint density at radius 3 is 2.42 bits per heavy atom. The van der Waals surface area contributed by atoms with Gasteiger partial charge in [0.2, 0.25) is 0 Å². The predicted octanol–water partition coefficient (Wildman–Crippen LogP) is 2.90. The first-order valence-corrected chi connectivity index (χ1v) is 8.65. The molecule has 0 aliphatic carbocycles. The number of carbonyl (C=O) groups excluding carboxylic acids is 2. The van der Waals surface area contributed by atoms with Gasteiger partial charge in [0.25, 0.3) is 5.91 Å². The van der Waals surface area contributed by atoms with Gasteiger partial charge in [-0.05, 0) is 30.9 Å². The van der Waals surface area contributed by atoms with Gasteiger partial charge in [-0.1, -0.05) is 38.5 Å². The SMILES string of the molecule is Cc1cccc(C(=O)N2CCCN(C(=O)NCC(C)(C)C)CC2)c1. The summed E-state index contributed by atoms with van der Waals surface area (Å²) in [5, 5.41) is 2.99. The number of nitrogens with zero attached hydrogens (tertiary/aromatic N) is 2. The van der Waals surface area contributed by atoms with E-state index >= 15 is 0 Å². The topological polar surface area (TPSA) is 52.7 Å². The van der Waals surface area contributed by atoms with Crippen molar-refractivity contribution in [2.75, 3.05) is 32.7 Å². The summed E-state index contributed by atoms with van der Waals surface area (Å²) in [7, 11) is 0. The van der Waals surface area contributed by atoms with Crippen LogP contribution in [0.4, 0.5) is 4.79 Å². The summed E-state index contributed by atoms with van der Waals surface area (Å²) in [4.78, 5) is 28.6. The van der Waals surface area contributed by atoms with Crippen molar-refractivity contribution < 1.29 is 9.59 Å². The first-order chi connectivity index (χ1) is 11.3. The molecule has 0 spiro atoms. The molecule has 0 atom stereocenters. The van der Waals surface area contributed by atoms with Crippen molar-refractivity contribution >= 4 is 11.9 Å². The van der Waals surface area contributed by atoms with E-state index in [-0.39, 0.29) is 17.4 Å². The Bertz CT molecular complexity index is 593. The van der Waals surface area contributed by atoms with Crippen molar-refractivity contribution in [1.29, 1.82) is 0 Å². The van der Waals surface area contributed by atoms with E-state index in [9.17, 15) is 9.59 Å². The summed E-state index contributed by atoms with van der Waals surface area (Å²) < 4.78 is 0. The minimum absolute atomic E-state index is 0.0326. The Hall–Kier alpha value is -2.04. The van der Waals surface area contributed by atoms with Crippen LogP contribution in [0.15, 0.2) is 24.3 Å². The lowest BCUT2D eigenvalue weighted by atomic mass is 9.97. The Labute approximate surface area is 145 Å². The molecule has 0 radical (unpaired) electrons. The lowest BCUT2D eigenvalue weighted by Crippen LogP contribution is -2.44. The lowest BCUT2D eigenvalue weighted by molar-refractivity contribution is 0.0762. The highest BCUT2D eigenvalue weighted by Crippen LogP contribution is 2.13. The molecule has 3 amide bonds. The van der Waals surface area contributed by atoms with Crippen molar-refractivity contribution in [2.45, 2.75) is 34.1 Å². The quantitative estimate of drug-likeness (QED) is 0.906. The molecule has 0 unspecified atom stereocenters. The van der Waals surface area contributed by atoms with Crippen LogP contribution in [0.5, 0.6) is 0 Å². The fourth-order valence-corrected chi connectivity index (χ4v) is 2.74. The standard InChI is InChI=1S/C19H29N3O2/c1-15-7-5-8-16(13-15)17(23)21-9-6-10-22(12-11-21)18(24)20-14-19(2,3)4/h5,7-8,13H,6,9-12,14H2,1-4H3,(H,20,24). The van der Waals surface area contributed by atoms with Gasteiger partial charge in [0.15, 0.2) is 0 Å². The Morgan fingerprint density at radius 2 is 1.75 bits per heavy atom. The van der Waals surface area contributed by atoms with Crippen LogP contribution < -0.4 is 5.32 Å². The van der Waals surface area contributed by atoms with Gasteiger partial charge in [0.05, 0.1) is 0 Å². The van der Waals surface area contributed by atoms with E-state index in [1.54, 1.807) is 0 Å². The van der Waals surface area contributed by atoms with E-state index in [1.165, 1.54) is 0 Å². The predicted molar refractivity (Wildman–Crippen MR) is 96.1 cm³/mol. The van der Waals surface area contributed by atoms with Gasteiger partial charge in [-0.2, -0.15) is 0 Å². The highest BCUT2D eigenvalue weighted by molar-refractivity contribution is 5.94. The number of carbonyl (C=O) groups is 2. The van der Waals surface area contributed by atoms with Gasteiger partial charge >= 0.3 is 6.03 Å². The maximum Gasteiger partial charge on any atom is 0.317 e. The molecule has 0 aromatic heterocycles. The minimum Gasteiger partial charge on any atom is -0.337 e. The molecule has 1 fully saturated rings. The number of rotatable bonds is 2. The van der Waals surface area contributed by atoms with Crippen molar-refractivity contribution in [2.24, 2.45) is 5.41 Å². The summed E-state index contributed by atoms with van der Waals surface area (Å²) in [5.74, 6) is 0.0515. The lowest BCUT2D eigenvalue weighted by Gasteiger charge is -2.25.